The zero-order valence-electron chi connectivity index (χ0n) is 9.49. The number of aromatic nitrogens is 1. The number of hydrogen-bond acceptors (Lipinski definition) is 3. The minimum absolute atomic E-state index is 0.0652. The number of nitrogens with zero attached hydrogens (tertiary/aromatic N) is 1. The topological polar surface area (TPSA) is 50.2 Å². The molecule has 0 spiro atoms. The van der Waals surface area contributed by atoms with Crippen molar-refractivity contribution >= 4 is 17.3 Å². The van der Waals surface area contributed by atoms with Gasteiger partial charge in [0.2, 0.25) is 0 Å². The summed E-state index contributed by atoms with van der Waals surface area (Å²) in [5.41, 5.74) is 0.0403. The molecule has 0 saturated heterocycles. The lowest BCUT2D eigenvalue weighted by Gasteiger charge is -2.01. The van der Waals surface area contributed by atoms with Crippen LogP contribution in [0.4, 0.5) is 13.2 Å². The molecule has 1 aromatic carbocycles. The standard InChI is InChI=1S/C12H8F3NO2S/c13-6-3-8(14)11(9(15)4-6)12-16-7(5-19-12)1-2-10(17)18/h3-5H,1-2H2,(H,17,18). The minimum Gasteiger partial charge on any atom is -0.481 e. The van der Waals surface area contributed by atoms with Crippen LogP contribution >= 0.6 is 11.3 Å². The Hall–Kier alpha value is -1.89. The van der Waals surface area contributed by atoms with Crippen molar-refractivity contribution in [3.05, 3.63) is 40.7 Å². The number of rotatable bonds is 4. The van der Waals surface area contributed by atoms with Crippen molar-refractivity contribution in [2.45, 2.75) is 12.8 Å². The van der Waals surface area contributed by atoms with Gasteiger partial charge in [-0.25, -0.2) is 18.2 Å². The van der Waals surface area contributed by atoms with Gasteiger partial charge in [-0.2, -0.15) is 0 Å². The molecule has 0 aliphatic carbocycles. The van der Waals surface area contributed by atoms with Crippen LogP contribution in [0.15, 0.2) is 17.5 Å². The van der Waals surface area contributed by atoms with Crippen LogP contribution in [0.25, 0.3) is 10.6 Å². The van der Waals surface area contributed by atoms with Crippen LogP contribution in [0.1, 0.15) is 12.1 Å². The number of aryl methyl sites for hydroxylation is 1. The predicted octanol–water partition coefficient (Wildman–Crippen LogP) is 3.24. The first kappa shape index (κ1) is 13.5. The van der Waals surface area contributed by atoms with Crippen LogP contribution in [0, 0.1) is 17.5 Å². The number of carboxylic acid groups (broad SMARTS) is 1. The van der Waals surface area contributed by atoms with Crippen LogP contribution in [0.5, 0.6) is 0 Å². The van der Waals surface area contributed by atoms with Crippen molar-refractivity contribution in [3.8, 4) is 10.6 Å². The van der Waals surface area contributed by atoms with E-state index in [2.05, 4.69) is 4.98 Å². The van der Waals surface area contributed by atoms with Gasteiger partial charge in [0.1, 0.15) is 22.5 Å². The molecule has 2 rings (SSSR count). The van der Waals surface area contributed by atoms with E-state index in [1.165, 1.54) is 5.38 Å². The maximum atomic E-state index is 13.5. The van der Waals surface area contributed by atoms with Gasteiger partial charge in [-0.05, 0) is 0 Å². The first-order valence-electron chi connectivity index (χ1n) is 5.28. The summed E-state index contributed by atoms with van der Waals surface area (Å²) in [4.78, 5) is 14.4. The van der Waals surface area contributed by atoms with Gasteiger partial charge in [0.05, 0.1) is 17.7 Å². The van der Waals surface area contributed by atoms with Gasteiger partial charge >= 0.3 is 5.97 Å². The van der Waals surface area contributed by atoms with Crippen molar-refractivity contribution in [3.63, 3.8) is 0 Å². The highest BCUT2D eigenvalue weighted by molar-refractivity contribution is 7.13. The number of aliphatic carboxylic acids is 1. The van der Waals surface area contributed by atoms with Crippen LogP contribution < -0.4 is 0 Å². The molecule has 0 saturated carbocycles. The number of hydrogen-bond donors (Lipinski definition) is 1. The third-order valence-electron chi connectivity index (χ3n) is 2.37. The van der Waals surface area contributed by atoms with E-state index in [0.29, 0.717) is 17.8 Å². The fourth-order valence-electron chi connectivity index (χ4n) is 1.52. The monoisotopic (exact) mass is 287 g/mol. The summed E-state index contributed by atoms with van der Waals surface area (Å²) < 4.78 is 39.8. The average molecular weight is 287 g/mol. The number of halogens is 3. The Kier molecular flexibility index (Phi) is 3.84. The van der Waals surface area contributed by atoms with E-state index >= 15 is 0 Å². The largest absolute Gasteiger partial charge is 0.481 e. The van der Waals surface area contributed by atoms with Crippen molar-refractivity contribution in [1.29, 1.82) is 0 Å². The molecule has 0 atom stereocenters. The van der Waals surface area contributed by atoms with Crippen LogP contribution in [-0.4, -0.2) is 16.1 Å². The van der Waals surface area contributed by atoms with E-state index in [1.54, 1.807) is 0 Å². The van der Waals surface area contributed by atoms with Crippen LogP contribution in [-0.2, 0) is 11.2 Å². The lowest BCUT2D eigenvalue weighted by Crippen LogP contribution is -1.98. The summed E-state index contributed by atoms with van der Waals surface area (Å²) in [6.45, 7) is 0. The van der Waals surface area contributed by atoms with E-state index in [0.717, 1.165) is 11.3 Å². The molecule has 19 heavy (non-hydrogen) atoms. The van der Waals surface area contributed by atoms with Crippen molar-refractivity contribution in [2.24, 2.45) is 0 Å². The zero-order chi connectivity index (χ0) is 14.0. The van der Waals surface area contributed by atoms with Crippen LogP contribution in [0.3, 0.4) is 0 Å². The quantitative estimate of drug-likeness (QED) is 0.939. The molecule has 1 aromatic heterocycles. The summed E-state index contributed by atoms with van der Waals surface area (Å²) in [6, 6.07) is 1.16. The van der Waals surface area contributed by atoms with Crippen molar-refractivity contribution in [2.75, 3.05) is 0 Å². The molecule has 0 aliphatic rings. The lowest BCUT2D eigenvalue weighted by molar-refractivity contribution is -0.136. The second-order valence-corrected chi connectivity index (χ2v) is 4.64. The smallest absolute Gasteiger partial charge is 0.303 e. The van der Waals surface area contributed by atoms with E-state index in [4.69, 9.17) is 5.11 Å². The molecule has 0 amide bonds. The van der Waals surface area contributed by atoms with Gasteiger partial charge in [0.25, 0.3) is 0 Å². The molecule has 1 N–H and O–H groups in total. The van der Waals surface area contributed by atoms with Gasteiger partial charge < -0.3 is 5.11 Å². The Morgan fingerprint density at radius 2 is 1.89 bits per heavy atom. The molecule has 0 bridgehead atoms. The minimum atomic E-state index is -1.03. The number of benzene rings is 1. The van der Waals surface area contributed by atoms with E-state index in [9.17, 15) is 18.0 Å². The van der Waals surface area contributed by atoms with Crippen molar-refractivity contribution in [1.82, 2.24) is 4.98 Å². The maximum Gasteiger partial charge on any atom is 0.303 e. The molecule has 100 valence electrons. The number of thiazole rings is 1. The fraction of sp³-hybridized carbons (Fsp3) is 0.167. The maximum absolute atomic E-state index is 13.5. The normalized spacial score (nSPS) is 10.7. The van der Waals surface area contributed by atoms with E-state index in [-0.39, 0.29) is 17.8 Å². The Morgan fingerprint density at radius 1 is 1.26 bits per heavy atom. The second kappa shape index (κ2) is 5.40. The molecule has 0 aliphatic heterocycles. The SMILES string of the molecule is O=C(O)CCc1csc(-c2c(F)cc(F)cc2F)n1. The zero-order valence-corrected chi connectivity index (χ0v) is 10.3. The summed E-state index contributed by atoms with van der Waals surface area (Å²) in [6.07, 6.45) is 0.0633. The van der Waals surface area contributed by atoms with Gasteiger partial charge in [0.15, 0.2) is 0 Å². The molecular weight excluding hydrogens is 279 g/mol. The third-order valence-corrected chi connectivity index (χ3v) is 3.28. The summed E-state index contributed by atoms with van der Waals surface area (Å²) in [5.74, 6) is -4.04. The third kappa shape index (κ3) is 3.11. The first-order valence-corrected chi connectivity index (χ1v) is 6.16. The summed E-state index contributed by atoms with van der Waals surface area (Å²) in [7, 11) is 0. The van der Waals surface area contributed by atoms with Gasteiger partial charge in [-0.15, -0.1) is 11.3 Å². The molecule has 0 fully saturated rings. The molecule has 0 radical (unpaired) electrons. The molecular formula is C12H8F3NO2S. The van der Waals surface area contributed by atoms with Crippen molar-refractivity contribution < 1.29 is 23.1 Å². The first-order chi connectivity index (χ1) is 8.97. The number of carbonyl (C=O) groups is 1. The molecule has 7 heteroatoms. The van der Waals surface area contributed by atoms with Crippen LogP contribution in [0.2, 0.25) is 0 Å². The van der Waals surface area contributed by atoms with E-state index in [1.807, 2.05) is 0 Å². The van der Waals surface area contributed by atoms with Gasteiger partial charge in [-0.3, -0.25) is 4.79 Å². The van der Waals surface area contributed by atoms with Gasteiger partial charge in [-0.1, -0.05) is 0 Å². The second-order valence-electron chi connectivity index (χ2n) is 3.78. The highest BCUT2D eigenvalue weighted by Gasteiger charge is 2.17. The lowest BCUT2D eigenvalue weighted by atomic mass is 10.2. The molecule has 1 heterocycles. The molecule has 0 unspecified atom stereocenters. The van der Waals surface area contributed by atoms with Gasteiger partial charge in [0, 0.05) is 23.9 Å². The Morgan fingerprint density at radius 3 is 2.47 bits per heavy atom. The average Bonchev–Trinajstić information content (AvgIpc) is 2.73. The fourth-order valence-corrected chi connectivity index (χ4v) is 2.42. The molecule has 3 nitrogen and oxygen atoms in total. The Balaban J connectivity index is 2.30. The molecule has 2 aromatic rings. The van der Waals surface area contributed by atoms with E-state index < -0.39 is 29.0 Å². The highest BCUT2D eigenvalue weighted by atomic mass is 32.1. The predicted molar refractivity (Wildman–Crippen MR) is 63.4 cm³/mol. The summed E-state index contributed by atoms with van der Waals surface area (Å²) in [5, 5.41) is 10.1. The summed E-state index contributed by atoms with van der Waals surface area (Å²) >= 11 is 0.982. The Bertz CT molecular complexity index is 604. The Labute approximate surface area is 110 Å². The highest BCUT2D eigenvalue weighted by Crippen LogP contribution is 2.29. The number of carboxylic acids is 1.